The van der Waals surface area contributed by atoms with Crippen LogP contribution in [0.15, 0.2) is 48.5 Å². The topological polar surface area (TPSA) is 88.4 Å². The van der Waals surface area contributed by atoms with Crippen LogP contribution < -0.4 is 5.32 Å². The zero-order valence-corrected chi connectivity index (χ0v) is 19.7. The van der Waals surface area contributed by atoms with Gasteiger partial charge in [0.25, 0.3) is 5.69 Å². The summed E-state index contributed by atoms with van der Waals surface area (Å²) in [7, 11) is 0. The first-order valence-corrected chi connectivity index (χ1v) is 12.4. The third kappa shape index (κ3) is 4.39. The molecule has 4 aromatic rings. The maximum absolute atomic E-state index is 12.9. The van der Waals surface area contributed by atoms with Crippen molar-refractivity contribution in [1.82, 2.24) is 9.88 Å². The maximum Gasteiger partial charge on any atom is 0.269 e. The zero-order valence-electron chi connectivity index (χ0n) is 18.0. The number of thiophene rings is 1. The number of nitrogens with one attached hydrogen (secondary N) is 1. The minimum Gasteiger partial charge on any atom is -0.317 e. The molecule has 168 valence electrons. The number of nitro benzene ring substituents is 1. The second-order valence-electron chi connectivity index (χ2n) is 7.96. The van der Waals surface area contributed by atoms with E-state index >= 15 is 0 Å². The molecule has 0 atom stereocenters. The molecular weight excluding hydrogens is 456 g/mol. The molecule has 1 amide bonds. The third-order valence-corrected chi connectivity index (χ3v) is 8.04. The number of aromatic nitrogens is 1. The zero-order chi connectivity index (χ0) is 22.9. The molecule has 3 heterocycles. The number of hydrogen-bond acceptors (Lipinski definition) is 7. The summed E-state index contributed by atoms with van der Waals surface area (Å²) in [6.45, 7) is 5.04. The standard InChI is InChI=1S/C24H22N4O3S2/c1-2-27-12-11-17-20(14-27)33-24(22(17)23-25-18-5-3-4-6-19(18)32-23)26-21(29)13-15-7-9-16(10-8-15)28(30)31/h3-10H,2,11-14H2,1H3,(H,26,29). The Bertz CT molecular complexity index is 1310. The van der Waals surface area contributed by atoms with Gasteiger partial charge in [-0.15, -0.1) is 22.7 Å². The molecule has 0 bridgehead atoms. The van der Waals surface area contributed by atoms with Crippen molar-refractivity contribution in [2.24, 2.45) is 0 Å². The quantitative estimate of drug-likeness (QED) is 0.292. The molecule has 33 heavy (non-hydrogen) atoms. The van der Waals surface area contributed by atoms with Gasteiger partial charge in [-0.1, -0.05) is 31.2 Å². The summed E-state index contributed by atoms with van der Waals surface area (Å²) in [5.41, 5.74) is 4.05. The van der Waals surface area contributed by atoms with E-state index in [9.17, 15) is 14.9 Å². The largest absolute Gasteiger partial charge is 0.317 e. The van der Waals surface area contributed by atoms with Gasteiger partial charge < -0.3 is 5.32 Å². The van der Waals surface area contributed by atoms with E-state index in [1.807, 2.05) is 18.2 Å². The van der Waals surface area contributed by atoms with Gasteiger partial charge in [-0.2, -0.15) is 0 Å². The highest BCUT2D eigenvalue weighted by Crippen LogP contribution is 2.45. The molecule has 1 aliphatic rings. The molecule has 0 aliphatic carbocycles. The Morgan fingerprint density at radius 3 is 2.70 bits per heavy atom. The maximum atomic E-state index is 12.9. The normalized spacial score (nSPS) is 13.7. The monoisotopic (exact) mass is 478 g/mol. The number of carbonyl (C=O) groups excluding carboxylic acids is 1. The van der Waals surface area contributed by atoms with Crippen LogP contribution in [0.2, 0.25) is 0 Å². The Morgan fingerprint density at radius 2 is 1.97 bits per heavy atom. The van der Waals surface area contributed by atoms with E-state index in [2.05, 4.69) is 23.2 Å². The van der Waals surface area contributed by atoms with Gasteiger partial charge in [0.2, 0.25) is 5.91 Å². The average molecular weight is 479 g/mol. The Labute approximate surface area is 198 Å². The molecule has 0 saturated heterocycles. The fourth-order valence-electron chi connectivity index (χ4n) is 4.11. The van der Waals surface area contributed by atoms with Crippen LogP contribution in [0.3, 0.4) is 0 Å². The lowest BCUT2D eigenvalue weighted by molar-refractivity contribution is -0.384. The van der Waals surface area contributed by atoms with E-state index in [0.29, 0.717) is 0 Å². The third-order valence-electron chi connectivity index (χ3n) is 5.86. The van der Waals surface area contributed by atoms with Crippen molar-refractivity contribution in [3.8, 4) is 10.6 Å². The predicted molar refractivity (Wildman–Crippen MR) is 133 cm³/mol. The smallest absolute Gasteiger partial charge is 0.269 e. The minimum absolute atomic E-state index is 0.0173. The summed E-state index contributed by atoms with van der Waals surface area (Å²) in [6, 6.07) is 14.2. The molecule has 0 unspecified atom stereocenters. The Kier molecular flexibility index (Phi) is 5.92. The van der Waals surface area contributed by atoms with Crippen LogP contribution in [0, 0.1) is 10.1 Å². The summed E-state index contributed by atoms with van der Waals surface area (Å²) >= 11 is 3.29. The van der Waals surface area contributed by atoms with Gasteiger partial charge in [-0.3, -0.25) is 19.8 Å². The van der Waals surface area contributed by atoms with E-state index < -0.39 is 4.92 Å². The van der Waals surface area contributed by atoms with Crippen LogP contribution in [-0.4, -0.2) is 33.8 Å². The van der Waals surface area contributed by atoms with Crippen LogP contribution >= 0.6 is 22.7 Å². The first kappa shape index (κ1) is 21.7. The van der Waals surface area contributed by atoms with Crippen molar-refractivity contribution in [3.63, 3.8) is 0 Å². The van der Waals surface area contributed by atoms with E-state index in [1.54, 1.807) is 34.8 Å². The fraction of sp³-hybridized carbons (Fsp3) is 0.250. The van der Waals surface area contributed by atoms with Gasteiger partial charge >= 0.3 is 0 Å². The number of thiazole rings is 1. The van der Waals surface area contributed by atoms with Gasteiger partial charge in [0, 0.05) is 35.7 Å². The number of nitrogens with zero attached hydrogens (tertiary/aromatic N) is 3. The molecule has 0 saturated carbocycles. The molecule has 2 aromatic carbocycles. The van der Waals surface area contributed by atoms with Crippen molar-refractivity contribution in [2.75, 3.05) is 18.4 Å². The van der Waals surface area contributed by atoms with Crippen LogP contribution in [0.1, 0.15) is 22.9 Å². The molecule has 2 aromatic heterocycles. The van der Waals surface area contributed by atoms with Crippen molar-refractivity contribution < 1.29 is 9.72 Å². The van der Waals surface area contributed by atoms with E-state index in [0.717, 1.165) is 57.4 Å². The van der Waals surface area contributed by atoms with Gasteiger partial charge in [0.15, 0.2) is 0 Å². The van der Waals surface area contributed by atoms with Crippen LogP contribution in [0.5, 0.6) is 0 Å². The number of carbonyl (C=O) groups is 1. The summed E-state index contributed by atoms with van der Waals surface area (Å²) < 4.78 is 1.13. The number of rotatable bonds is 6. The van der Waals surface area contributed by atoms with Gasteiger partial charge in [0.05, 0.1) is 21.6 Å². The highest BCUT2D eigenvalue weighted by atomic mass is 32.1. The Morgan fingerprint density at radius 1 is 1.18 bits per heavy atom. The summed E-state index contributed by atoms with van der Waals surface area (Å²) in [4.78, 5) is 31.9. The van der Waals surface area contributed by atoms with Crippen LogP contribution in [0.25, 0.3) is 20.8 Å². The molecule has 1 aliphatic heterocycles. The highest BCUT2D eigenvalue weighted by Gasteiger charge is 2.27. The predicted octanol–water partition coefficient (Wildman–Crippen LogP) is 5.49. The lowest BCUT2D eigenvalue weighted by Crippen LogP contribution is -2.29. The number of anilines is 1. The number of para-hydroxylation sites is 1. The molecule has 9 heteroatoms. The summed E-state index contributed by atoms with van der Waals surface area (Å²) in [5.74, 6) is -0.142. The lowest BCUT2D eigenvalue weighted by Gasteiger charge is -2.25. The average Bonchev–Trinajstić information content (AvgIpc) is 3.39. The van der Waals surface area contributed by atoms with Gasteiger partial charge in [0.1, 0.15) is 10.0 Å². The van der Waals surface area contributed by atoms with E-state index in [-0.39, 0.29) is 18.0 Å². The van der Waals surface area contributed by atoms with Crippen LogP contribution in [0.4, 0.5) is 10.7 Å². The number of benzene rings is 2. The van der Waals surface area contributed by atoms with Crippen molar-refractivity contribution >= 4 is 49.5 Å². The minimum atomic E-state index is -0.441. The molecule has 0 radical (unpaired) electrons. The molecule has 0 spiro atoms. The van der Waals surface area contributed by atoms with Crippen LogP contribution in [-0.2, 0) is 24.2 Å². The Hall–Kier alpha value is -3.14. The molecular formula is C24H22N4O3S2. The number of hydrogen-bond donors (Lipinski definition) is 1. The molecule has 7 nitrogen and oxygen atoms in total. The van der Waals surface area contributed by atoms with E-state index in [4.69, 9.17) is 4.98 Å². The number of likely N-dealkylation sites (N-methyl/N-ethyl adjacent to an activating group) is 1. The molecule has 1 N–H and O–H groups in total. The van der Waals surface area contributed by atoms with Crippen molar-refractivity contribution in [1.29, 1.82) is 0 Å². The number of amides is 1. The van der Waals surface area contributed by atoms with Gasteiger partial charge in [-0.25, -0.2) is 4.98 Å². The second-order valence-corrected chi connectivity index (χ2v) is 10.1. The summed E-state index contributed by atoms with van der Waals surface area (Å²) in [6.07, 6.45) is 1.09. The number of non-ortho nitro benzene ring substituents is 1. The van der Waals surface area contributed by atoms with E-state index in [1.165, 1.54) is 22.6 Å². The lowest BCUT2D eigenvalue weighted by atomic mass is 10.0. The SMILES string of the molecule is CCN1CCc2c(sc(NC(=O)Cc3ccc([N+](=O)[O-])cc3)c2-c2nc3ccccc3s2)C1. The Balaban J connectivity index is 1.46. The number of fused-ring (bicyclic) bond motifs is 2. The number of nitro groups is 1. The summed E-state index contributed by atoms with van der Waals surface area (Å²) in [5, 5.41) is 15.8. The van der Waals surface area contributed by atoms with Crippen molar-refractivity contribution in [3.05, 3.63) is 74.6 Å². The molecule has 0 fully saturated rings. The van der Waals surface area contributed by atoms with Gasteiger partial charge in [-0.05, 0) is 36.2 Å². The first-order valence-electron chi connectivity index (χ1n) is 10.8. The van der Waals surface area contributed by atoms with Crippen molar-refractivity contribution in [2.45, 2.75) is 26.3 Å². The first-order chi connectivity index (χ1) is 16.0. The second kappa shape index (κ2) is 9.01. The highest BCUT2D eigenvalue weighted by molar-refractivity contribution is 7.22. The molecule has 5 rings (SSSR count). The fourth-order valence-corrected chi connectivity index (χ4v) is 6.53.